The third-order valence-corrected chi connectivity index (χ3v) is 2.93. The summed E-state index contributed by atoms with van der Waals surface area (Å²) in [6.45, 7) is 4.88. The summed E-state index contributed by atoms with van der Waals surface area (Å²) in [6, 6.07) is 5.60. The number of nitrogens with zero attached hydrogens (tertiary/aromatic N) is 3. The smallest absolute Gasteiger partial charge is 0.119 e. The number of rotatable bonds is 4. The first-order chi connectivity index (χ1) is 8.20. The van der Waals surface area contributed by atoms with Gasteiger partial charge in [0, 0.05) is 12.7 Å². The van der Waals surface area contributed by atoms with E-state index in [9.17, 15) is 5.11 Å². The van der Waals surface area contributed by atoms with Crippen LogP contribution >= 0.6 is 0 Å². The van der Waals surface area contributed by atoms with Crippen LogP contribution in [-0.2, 0) is 19.4 Å². The van der Waals surface area contributed by atoms with Gasteiger partial charge in [0.05, 0.1) is 5.69 Å². The van der Waals surface area contributed by atoms with Crippen LogP contribution in [0.1, 0.15) is 23.7 Å². The number of hydrogen-bond acceptors (Lipinski definition) is 3. The lowest BCUT2D eigenvalue weighted by Gasteiger charge is -2.06. The van der Waals surface area contributed by atoms with Gasteiger partial charge in [-0.15, -0.1) is 5.10 Å². The molecule has 1 heterocycles. The molecule has 0 atom stereocenters. The van der Waals surface area contributed by atoms with E-state index in [1.165, 1.54) is 0 Å². The summed E-state index contributed by atoms with van der Waals surface area (Å²) >= 11 is 0. The zero-order valence-electron chi connectivity index (χ0n) is 10.2. The van der Waals surface area contributed by atoms with Gasteiger partial charge in [0.15, 0.2) is 0 Å². The number of phenolic OH excluding ortho intramolecular Hbond substituents is 1. The Morgan fingerprint density at radius 3 is 2.76 bits per heavy atom. The number of benzene rings is 1. The van der Waals surface area contributed by atoms with Crippen molar-refractivity contribution in [1.29, 1.82) is 0 Å². The van der Waals surface area contributed by atoms with Gasteiger partial charge < -0.3 is 5.11 Å². The molecule has 0 spiro atoms. The van der Waals surface area contributed by atoms with Gasteiger partial charge in [-0.25, -0.2) is 0 Å². The summed E-state index contributed by atoms with van der Waals surface area (Å²) in [5.41, 5.74) is 3.08. The molecule has 0 aliphatic rings. The number of aromatic nitrogens is 3. The van der Waals surface area contributed by atoms with Gasteiger partial charge in [0.1, 0.15) is 5.75 Å². The molecule has 0 amide bonds. The molecule has 17 heavy (non-hydrogen) atoms. The Hall–Kier alpha value is -1.84. The highest BCUT2D eigenvalue weighted by Gasteiger charge is 2.06. The zero-order valence-corrected chi connectivity index (χ0v) is 10.2. The van der Waals surface area contributed by atoms with Gasteiger partial charge in [-0.3, -0.25) is 4.68 Å². The molecule has 90 valence electrons. The number of aromatic hydroxyl groups is 1. The van der Waals surface area contributed by atoms with Crippen LogP contribution < -0.4 is 0 Å². The van der Waals surface area contributed by atoms with Crippen molar-refractivity contribution in [2.24, 2.45) is 0 Å². The molecule has 0 saturated heterocycles. The Morgan fingerprint density at radius 1 is 1.29 bits per heavy atom. The lowest BCUT2D eigenvalue weighted by atomic mass is 10.0. The van der Waals surface area contributed by atoms with Crippen molar-refractivity contribution in [3.05, 3.63) is 41.2 Å². The van der Waals surface area contributed by atoms with E-state index in [2.05, 4.69) is 10.3 Å². The number of phenols is 1. The van der Waals surface area contributed by atoms with Crippen LogP contribution in [0.5, 0.6) is 5.75 Å². The summed E-state index contributed by atoms with van der Waals surface area (Å²) in [7, 11) is 0. The maximum Gasteiger partial charge on any atom is 0.119 e. The molecule has 0 fully saturated rings. The molecule has 1 aromatic carbocycles. The number of aryl methyl sites for hydroxylation is 3. The van der Waals surface area contributed by atoms with E-state index < -0.39 is 0 Å². The normalized spacial score (nSPS) is 10.7. The van der Waals surface area contributed by atoms with Crippen LogP contribution in [0.2, 0.25) is 0 Å². The summed E-state index contributed by atoms with van der Waals surface area (Å²) in [4.78, 5) is 0. The first-order valence-corrected chi connectivity index (χ1v) is 5.87. The summed E-state index contributed by atoms with van der Waals surface area (Å²) < 4.78 is 1.81. The third-order valence-electron chi connectivity index (χ3n) is 2.93. The predicted octanol–water partition coefficient (Wildman–Crippen LogP) is 2.10. The first-order valence-electron chi connectivity index (χ1n) is 5.87. The van der Waals surface area contributed by atoms with Crippen molar-refractivity contribution in [3.63, 3.8) is 0 Å². The molecule has 1 aromatic heterocycles. The van der Waals surface area contributed by atoms with Gasteiger partial charge in [0.25, 0.3) is 0 Å². The molecular weight excluding hydrogens is 214 g/mol. The average molecular weight is 231 g/mol. The van der Waals surface area contributed by atoms with Crippen LogP contribution in [-0.4, -0.2) is 20.1 Å². The monoisotopic (exact) mass is 231 g/mol. The highest BCUT2D eigenvalue weighted by atomic mass is 16.3. The third kappa shape index (κ3) is 2.64. The molecule has 1 N–H and O–H groups in total. The minimum absolute atomic E-state index is 0.368. The standard InChI is InChI=1S/C13H17N3O/c1-3-16-9-11(14-15-16)7-8-12-10(2)5-4-6-13(12)17/h4-6,9,17H,3,7-8H2,1-2H3. The second kappa shape index (κ2) is 4.99. The van der Waals surface area contributed by atoms with Gasteiger partial charge >= 0.3 is 0 Å². The fraction of sp³-hybridized carbons (Fsp3) is 0.385. The second-order valence-electron chi connectivity index (χ2n) is 4.14. The SMILES string of the molecule is CCn1cc(CCc2c(C)cccc2O)nn1. The van der Waals surface area contributed by atoms with Crippen molar-refractivity contribution in [2.45, 2.75) is 33.2 Å². The lowest BCUT2D eigenvalue weighted by Crippen LogP contribution is -1.95. The van der Waals surface area contributed by atoms with Crippen LogP contribution in [0.15, 0.2) is 24.4 Å². The highest BCUT2D eigenvalue weighted by molar-refractivity contribution is 5.38. The number of hydrogen-bond donors (Lipinski definition) is 1. The molecule has 2 rings (SSSR count). The molecule has 0 bridgehead atoms. The van der Waals surface area contributed by atoms with Crippen LogP contribution in [0, 0.1) is 6.92 Å². The topological polar surface area (TPSA) is 50.9 Å². The molecule has 0 aliphatic heterocycles. The van der Waals surface area contributed by atoms with Crippen LogP contribution in [0.4, 0.5) is 0 Å². The molecule has 0 aliphatic carbocycles. The van der Waals surface area contributed by atoms with E-state index in [0.29, 0.717) is 5.75 Å². The maximum atomic E-state index is 9.78. The van der Waals surface area contributed by atoms with E-state index in [1.807, 2.05) is 36.9 Å². The van der Waals surface area contributed by atoms with E-state index in [0.717, 1.165) is 36.2 Å². The Bertz CT molecular complexity index is 485. The summed E-state index contributed by atoms with van der Waals surface area (Å²) in [6.07, 6.45) is 3.55. The zero-order chi connectivity index (χ0) is 12.3. The summed E-state index contributed by atoms with van der Waals surface area (Å²) in [5.74, 6) is 0.368. The minimum Gasteiger partial charge on any atom is -0.508 e. The van der Waals surface area contributed by atoms with Crippen LogP contribution in [0.3, 0.4) is 0 Å². The van der Waals surface area contributed by atoms with E-state index >= 15 is 0 Å². The van der Waals surface area contributed by atoms with Crippen molar-refractivity contribution in [1.82, 2.24) is 15.0 Å². The molecule has 4 nitrogen and oxygen atoms in total. The average Bonchev–Trinajstić information content (AvgIpc) is 2.76. The van der Waals surface area contributed by atoms with Gasteiger partial charge in [-0.05, 0) is 43.9 Å². The van der Waals surface area contributed by atoms with Gasteiger partial charge in [0.2, 0.25) is 0 Å². The highest BCUT2D eigenvalue weighted by Crippen LogP contribution is 2.21. The van der Waals surface area contributed by atoms with E-state index in [4.69, 9.17) is 0 Å². The molecule has 4 heteroatoms. The summed E-state index contributed by atoms with van der Waals surface area (Å²) in [5, 5.41) is 17.9. The molecule has 0 radical (unpaired) electrons. The Labute approximate surface area is 101 Å². The van der Waals surface area contributed by atoms with E-state index in [-0.39, 0.29) is 0 Å². The fourth-order valence-corrected chi connectivity index (χ4v) is 1.87. The maximum absolute atomic E-state index is 9.78. The largest absolute Gasteiger partial charge is 0.508 e. The lowest BCUT2D eigenvalue weighted by molar-refractivity contribution is 0.467. The predicted molar refractivity (Wildman–Crippen MR) is 65.9 cm³/mol. The Morgan fingerprint density at radius 2 is 2.12 bits per heavy atom. The first kappa shape index (κ1) is 11.6. The molecular formula is C13H17N3O. The Balaban J connectivity index is 2.07. The van der Waals surface area contributed by atoms with Gasteiger partial charge in [-0.1, -0.05) is 17.3 Å². The molecule has 2 aromatic rings. The Kier molecular flexibility index (Phi) is 3.42. The second-order valence-corrected chi connectivity index (χ2v) is 4.14. The van der Waals surface area contributed by atoms with Crippen molar-refractivity contribution >= 4 is 0 Å². The van der Waals surface area contributed by atoms with Gasteiger partial charge in [-0.2, -0.15) is 0 Å². The molecule has 0 saturated carbocycles. The van der Waals surface area contributed by atoms with Crippen molar-refractivity contribution in [3.8, 4) is 5.75 Å². The molecule has 0 unspecified atom stereocenters. The minimum atomic E-state index is 0.368. The van der Waals surface area contributed by atoms with Crippen molar-refractivity contribution in [2.75, 3.05) is 0 Å². The fourth-order valence-electron chi connectivity index (χ4n) is 1.87. The van der Waals surface area contributed by atoms with Crippen molar-refractivity contribution < 1.29 is 5.11 Å². The quantitative estimate of drug-likeness (QED) is 0.876. The van der Waals surface area contributed by atoms with E-state index in [1.54, 1.807) is 6.07 Å². The van der Waals surface area contributed by atoms with Crippen LogP contribution in [0.25, 0.3) is 0 Å².